The van der Waals surface area contributed by atoms with Crippen molar-refractivity contribution in [3.8, 4) is 0 Å². The second kappa shape index (κ2) is 8.75. The van der Waals surface area contributed by atoms with Crippen molar-refractivity contribution >= 4 is 23.2 Å². The summed E-state index contributed by atoms with van der Waals surface area (Å²) in [7, 11) is 1.80. The monoisotopic (exact) mass is 359 g/mol. The van der Waals surface area contributed by atoms with Crippen LogP contribution in [-0.4, -0.2) is 47.1 Å². The quantitative estimate of drug-likeness (QED) is 0.626. The van der Waals surface area contributed by atoms with Crippen LogP contribution in [0.4, 0.5) is 5.95 Å². The molecule has 1 unspecified atom stereocenters. The van der Waals surface area contributed by atoms with Crippen LogP contribution in [0.3, 0.4) is 0 Å². The van der Waals surface area contributed by atoms with Gasteiger partial charge in [-0.1, -0.05) is 6.92 Å². The molecule has 0 spiro atoms. The smallest absolute Gasteiger partial charge is 0.225 e. The topological polar surface area (TPSA) is 78.3 Å². The predicted molar refractivity (Wildman–Crippen MR) is 102 cm³/mol. The van der Waals surface area contributed by atoms with E-state index < -0.39 is 0 Å². The fraction of sp³-hybridized carbons (Fsp3) is 0.529. The number of aryl methyl sites for hydroxylation is 1. The van der Waals surface area contributed by atoms with Gasteiger partial charge in [-0.2, -0.15) is 0 Å². The van der Waals surface area contributed by atoms with Crippen molar-refractivity contribution in [2.24, 2.45) is 4.99 Å². The highest BCUT2D eigenvalue weighted by atomic mass is 32.1. The summed E-state index contributed by atoms with van der Waals surface area (Å²) in [4.78, 5) is 19.9. The van der Waals surface area contributed by atoms with Crippen molar-refractivity contribution in [2.75, 3.05) is 25.0 Å². The number of hydrogen-bond acceptors (Lipinski definition) is 6. The number of guanidine groups is 1. The molecular weight excluding hydrogens is 334 g/mol. The van der Waals surface area contributed by atoms with E-state index >= 15 is 0 Å². The Kier molecular flexibility index (Phi) is 6.16. The summed E-state index contributed by atoms with van der Waals surface area (Å²) >= 11 is 1.71. The standard InChI is InChI=1S/C17H25N7S/c1-3-15-22-14(12-25-15)10-21-16(18-2)23-13-6-4-9-24(11-13)17-19-7-5-8-20-17/h5,7-8,12-13H,3-4,6,9-11H2,1-2H3,(H2,18,21,23). The minimum absolute atomic E-state index is 0.324. The zero-order chi connectivity index (χ0) is 17.5. The molecule has 0 saturated carbocycles. The molecule has 134 valence electrons. The Bertz CT molecular complexity index is 685. The van der Waals surface area contributed by atoms with Gasteiger partial charge >= 0.3 is 0 Å². The first-order chi connectivity index (χ1) is 12.3. The van der Waals surface area contributed by atoms with Crippen LogP contribution in [0.5, 0.6) is 0 Å². The lowest BCUT2D eigenvalue weighted by molar-refractivity contribution is 0.463. The van der Waals surface area contributed by atoms with Crippen LogP contribution < -0.4 is 15.5 Å². The van der Waals surface area contributed by atoms with E-state index in [0.717, 1.165) is 50.0 Å². The van der Waals surface area contributed by atoms with Crippen LogP contribution in [0.15, 0.2) is 28.8 Å². The first-order valence-electron chi connectivity index (χ1n) is 8.71. The Morgan fingerprint density at radius 3 is 2.96 bits per heavy atom. The average Bonchev–Trinajstić information content (AvgIpc) is 3.14. The van der Waals surface area contributed by atoms with E-state index in [0.29, 0.717) is 12.6 Å². The molecule has 1 aliphatic heterocycles. The average molecular weight is 360 g/mol. The number of aliphatic imine (C=N–C) groups is 1. The van der Waals surface area contributed by atoms with Gasteiger partial charge in [-0.25, -0.2) is 15.0 Å². The SMILES string of the molecule is CCc1nc(CNC(=NC)NC2CCCN(c3ncccn3)C2)cs1. The first kappa shape index (κ1) is 17.6. The largest absolute Gasteiger partial charge is 0.352 e. The highest BCUT2D eigenvalue weighted by Crippen LogP contribution is 2.15. The maximum atomic E-state index is 4.58. The fourth-order valence-corrected chi connectivity index (χ4v) is 3.63. The third kappa shape index (κ3) is 4.88. The Labute approximate surface area is 152 Å². The van der Waals surface area contributed by atoms with Crippen molar-refractivity contribution < 1.29 is 0 Å². The van der Waals surface area contributed by atoms with Gasteiger partial charge < -0.3 is 15.5 Å². The second-order valence-corrected chi connectivity index (χ2v) is 6.93. The van der Waals surface area contributed by atoms with Crippen LogP contribution >= 0.6 is 11.3 Å². The number of piperidine rings is 1. The van der Waals surface area contributed by atoms with Crippen LogP contribution in [0.1, 0.15) is 30.5 Å². The van der Waals surface area contributed by atoms with Gasteiger partial charge in [0.15, 0.2) is 5.96 Å². The van der Waals surface area contributed by atoms with Gasteiger partial charge in [0.1, 0.15) is 0 Å². The third-order valence-electron chi connectivity index (χ3n) is 4.16. The summed E-state index contributed by atoms with van der Waals surface area (Å²) in [6.45, 7) is 4.68. The van der Waals surface area contributed by atoms with Crippen molar-refractivity contribution in [1.82, 2.24) is 25.6 Å². The number of nitrogens with zero attached hydrogens (tertiary/aromatic N) is 5. The molecule has 0 aromatic carbocycles. The molecule has 2 aromatic heterocycles. The third-order valence-corrected chi connectivity index (χ3v) is 5.20. The summed E-state index contributed by atoms with van der Waals surface area (Å²) in [5.74, 6) is 1.61. The van der Waals surface area contributed by atoms with Gasteiger partial charge in [0.2, 0.25) is 5.95 Å². The minimum Gasteiger partial charge on any atom is -0.352 e. The number of nitrogens with one attached hydrogen (secondary N) is 2. The van der Waals surface area contributed by atoms with Crippen molar-refractivity contribution in [1.29, 1.82) is 0 Å². The molecule has 0 amide bonds. The summed E-state index contributed by atoms with van der Waals surface area (Å²) < 4.78 is 0. The molecular formula is C17H25N7S. The molecule has 1 saturated heterocycles. The van der Waals surface area contributed by atoms with Crippen molar-refractivity contribution in [3.05, 3.63) is 34.5 Å². The molecule has 3 heterocycles. The molecule has 2 N–H and O–H groups in total. The highest BCUT2D eigenvalue weighted by Gasteiger charge is 2.22. The molecule has 2 aromatic rings. The van der Waals surface area contributed by atoms with E-state index in [1.807, 2.05) is 6.07 Å². The maximum Gasteiger partial charge on any atom is 0.225 e. The molecule has 1 atom stereocenters. The van der Waals surface area contributed by atoms with Gasteiger partial charge in [0, 0.05) is 44.0 Å². The molecule has 0 aliphatic carbocycles. The van der Waals surface area contributed by atoms with Gasteiger partial charge in [-0.05, 0) is 25.3 Å². The van der Waals surface area contributed by atoms with E-state index in [1.165, 1.54) is 5.01 Å². The highest BCUT2D eigenvalue weighted by molar-refractivity contribution is 7.09. The number of anilines is 1. The number of thiazole rings is 1. The Morgan fingerprint density at radius 2 is 2.24 bits per heavy atom. The van der Waals surface area contributed by atoms with Gasteiger partial charge in [0.25, 0.3) is 0 Å². The molecule has 25 heavy (non-hydrogen) atoms. The van der Waals surface area contributed by atoms with Crippen LogP contribution in [0, 0.1) is 0 Å². The van der Waals surface area contributed by atoms with Gasteiger partial charge in [0.05, 0.1) is 17.2 Å². The zero-order valence-corrected chi connectivity index (χ0v) is 15.6. The summed E-state index contributed by atoms with van der Waals surface area (Å²) in [5.41, 5.74) is 1.06. The molecule has 1 fully saturated rings. The Balaban J connectivity index is 1.52. The van der Waals surface area contributed by atoms with E-state index in [4.69, 9.17) is 0 Å². The van der Waals surface area contributed by atoms with Crippen LogP contribution in [-0.2, 0) is 13.0 Å². The van der Waals surface area contributed by atoms with E-state index in [-0.39, 0.29) is 0 Å². The molecule has 0 radical (unpaired) electrons. The number of hydrogen-bond donors (Lipinski definition) is 2. The lowest BCUT2D eigenvalue weighted by Crippen LogP contribution is -2.51. The first-order valence-corrected chi connectivity index (χ1v) is 9.59. The minimum atomic E-state index is 0.324. The van der Waals surface area contributed by atoms with E-state index in [9.17, 15) is 0 Å². The number of rotatable bonds is 5. The Hall–Kier alpha value is -2.22. The second-order valence-electron chi connectivity index (χ2n) is 5.99. The lowest BCUT2D eigenvalue weighted by atomic mass is 10.1. The molecule has 0 bridgehead atoms. The molecule has 3 rings (SSSR count). The molecule has 8 heteroatoms. The summed E-state index contributed by atoms with van der Waals surface area (Å²) in [6, 6.07) is 2.17. The predicted octanol–water partition coefficient (Wildman–Crippen LogP) is 1.83. The maximum absolute atomic E-state index is 4.58. The lowest BCUT2D eigenvalue weighted by Gasteiger charge is -2.33. The zero-order valence-electron chi connectivity index (χ0n) is 14.8. The summed E-state index contributed by atoms with van der Waals surface area (Å²) in [6.07, 6.45) is 6.78. The Morgan fingerprint density at radius 1 is 1.40 bits per heavy atom. The van der Waals surface area contributed by atoms with E-state index in [1.54, 1.807) is 30.8 Å². The van der Waals surface area contributed by atoms with Crippen molar-refractivity contribution in [3.63, 3.8) is 0 Å². The number of aromatic nitrogens is 3. The van der Waals surface area contributed by atoms with Crippen LogP contribution in [0.25, 0.3) is 0 Å². The normalized spacial score (nSPS) is 18.2. The fourth-order valence-electron chi connectivity index (χ4n) is 2.89. The van der Waals surface area contributed by atoms with Crippen LogP contribution in [0.2, 0.25) is 0 Å². The van der Waals surface area contributed by atoms with Crippen molar-refractivity contribution in [2.45, 2.75) is 38.8 Å². The van der Waals surface area contributed by atoms with E-state index in [2.05, 4.69) is 47.8 Å². The van der Waals surface area contributed by atoms with Gasteiger partial charge in [-0.15, -0.1) is 11.3 Å². The molecule has 7 nitrogen and oxygen atoms in total. The summed E-state index contributed by atoms with van der Waals surface area (Å²) in [5, 5.41) is 10.1. The van der Waals surface area contributed by atoms with Gasteiger partial charge in [-0.3, -0.25) is 4.99 Å². The molecule has 1 aliphatic rings.